The van der Waals surface area contributed by atoms with Crippen LogP contribution in [0.25, 0.3) is 0 Å². The normalized spacial score (nSPS) is 17.7. The van der Waals surface area contributed by atoms with E-state index in [9.17, 15) is 9.59 Å². The molecule has 0 aromatic heterocycles. The minimum Gasteiger partial charge on any atom is -0.354 e. The molecule has 1 saturated heterocycles. The Balaban J connectivity index is 1.44. The molecular weight excluding hydrogens is 440 g/mol. The molecule has 2 amide bonds. The standard InChI is InChI=1S/C29H32N2O2S/c1-3-27-31(29(33)24-16-14-21(2)15-17-24)26(20-34-27)28(32)30-19-18-25(22-10-6-4-7-11-22)23-12-8-5-9-13-23/h4-17,25-27H,3,18-20H2,1-2H3,(H,30,32). The maximum Gasteiger partial charge on any atom is 0.255 e. The summed E-state index contributed by atoms with van der Waals surface area (Å²) in [5.74, 6) is 0.699. The van der Waals surface area contributed by atoms with E-state index in [2.05, 4.69) is 60.8 Å². The van der Waals surface area contributed by atoms with Crippen molar-refractivity contribution in [3.05, 3.63) is 107 Å². The van der Waals surface area contributed by atoms with E-state index in [-0.39, 0.29) is 23.1 Å². The van der Waals surface area contributed by atoms with Gasteiger partial charge < -0.3 is 10.2 Å². The molecule has 1 aliphatic rings. The molecule has 2 atom stereocenters. The Bertz CT molecular complexity index is 1050. The smallest absolute Gasteiger partial charge is 0.255 e. The van der Waals surface area contributed by atoms with Crippen molar-refractivity contribution in [3.63, 3.8) is 0 Å². The van der Waals surface area contributed by atoms with Crippen molar-refractivity contribution in [1.82, 2.24) is 10.2 Å². The van der Waals surface area contributed by atoms with E-state index in [1.807, 2.05) is 43.3 Å². The monoisotopic (exact) mass is 472 g/mol. The van der Waals surface area contributed by atoms with Gasteiger partial charge in [0.1, 0.15) is 6.04 Å². The molecule has 1 N–H and O–H groups in total. The van der Waals surface area contributed by atoms with E-state index in [0.29, 0.717) is 17.9 Å². The molecule has 0 saturated carbocycles. The van der Waals surface area contributed by atoms with Crippen LogP contribution in [0.2, 0.25) is 0 Å². The van der Waals surface area contributed by atoms with Crippen LogP contribution in [0.3, 0.4) is 0 Å². The highest BCUT2D eigenvalue weighted by Gasteiger charge is 2.40. The van der Waals surface area contributed by atoms with Gasteiger partial charge in [-0.05, 0) is 43.0 Å². The number of nitrogens with one attached hydrogen (secondary N) is 1. The minimum atomic E-state index is -0.448. The molecule has 3 aromatic carbocycles. The molecule has 176 valence electrons. The predicted octanol–water partition coefficient (Wildman–Crippen LogP) is 5.63. The molecule has 0 spiro atoms. The number of nitrogens with zero attached hydrogens (tertiary/aromatic N) is 1. The van der Waals surface area contributed by atoms with Crippen LogP contribution < -0.4 is 5.32 Å². The summed E-state index contributed by atoms with van der Waals surface area (Å²) in [6, 6.07) is 28.0. The molecular formula is C29H32N2O2S. The number of amides is 2. The van der Waals surface area contributed by atoms with Gasteiger partial charge in [-0.25, -0.2) is 0 Å². The molecule has 5 heteroatoms. The van der Waals surface area contributed by atoms with Gasteiger partial charge in [-0.1, -0.05) is 85.3 Å². The van der Waals surface area contributed by atoms with Gasteiger partial charge in [0.25, 0.3) is 5.91 Å². The van der Waals surface area contributed by atoms with Crippen molar-refractivity contribution in [2.45, 2.75) is 44.0 Å². The zero-order valence-electron chi connectivity index (χ0n) is 19.8. The summed E-state index contributed by atoms with van der Waals surface area (Å²) in [5.41, 5.74) is 4.22. The molecule has 34 heavy (non-hydrogen) atoms. The highest BCUT2D eigenvalue weighted by atomic mass is 32.2. The maximum absolute atomic E-state index is 13.3. The first-order valence-corrected chi connectivity index (χ1v) is 13.0. The Kier molecular flexibility index (Phi) is 8.07. The fourth-order valence-corrected chi connectivity index (χ4v) is 5.91. The van der Waals surface area contributed by atoms with Gasteiger partial charge in [0.2, 0.25) is 5.91 Å². The molecule has 0 bridgehead atoms. The average Bonchev–Trinajstić information content (AvgIpc) is 3.32. The summed E-state index contributed by atoms with van der Waals surface area (Å²) in [6.07, 6.45) is 1.61. The molecule has 0 aliphatic carbocycles. The minimum absolute atomic E-state index is 0.0194. The summed E-state index contributed by atoms with van der Waals surface area (Å²) >= 11 is 1.69. The van der Waals surface area contributed by atoms with Crippen LogP contribution in [-0.4, -0.2) is 40.4 Å². The summed E-state index contributed by atoms with van der Waals surface area (Å²) < 4.78 is 0. The fourth-order valence-electron chi connectivity index (χ4n) is 4.55. The first kappa shape index (κ1) is 24.1. The van der Waals surface area contributed by atoms with E-state index >= 15 is 0 Å². The van der Waals surface area contributed by atoms with E-state index < -0.39 is 6.04 Å². The number of aryl methyl sites for hydroxylation is 1. The van der Waals surface area contributed by atoms with Crippen LogP contribution in [-0.2, 0) is 4.79 Å². The molecule has 1 aliphatic heterocycles. The van der Waals surface area contributed by atoms with Gasteiger partial charge in [0.05, 0.1) is 5.37 Å². The third-order valence-electron chi connectivity index (χ3n) is 6.41. The van der Waals surface area contributed by atoms with Gasteiger partial charge in [-0.15, -0.1) is 11.8 Å². The lowest BCUT2D eigenvalue weighted by atomic mass is 9.88. The number of rotatable bonds is 8. The van der Waals surface area contributed by atoms with Gasteiger partial charge in [0, 0.05) is 23.8 Å². The van der Waals surface area contributed by atoms with Crippen LogP contribution in [0.4, 0.5) is 0 Å². The van der Waals surface area contributed by atoms with E-state index in [4.69, 9.17) is 0 Å². The SMILES string of the molecule is CCC1SCC(C(=O)NCCC(c2ccccc2)c2ccccc2)N1C(=O)c1ccc(C)cc1. The van der Waals surface area contributed by atoms with Crippen molar-refractivity contribution in [2.75, 3.05) is 12.3 Å². The van der Waals surface area contributed by atoms with E-state index in [1.165, 1.54) is 11.1 Å². The number of hydrogen-bond donors (Lipinski definition) is 1. The number of benzene rings is 3. The first-order chi connectivity index (χ1) is 16.6. The van der Waals surface area contributed by atoms with Gasteiger partial charge in [-0.2, -0.15) is 0 Å². The largest absolute Gasteiger partial charge is 0.354 e. The summed E-state index contributed by atoms with van der Waals surface area (Å²) in [4.78, 5) is 28.4. The Morgan fingerprint density at radius 1 is 0.941 bits per heavy atom. The van der Waals surface area contributed by atoms with Gasteiger partial charge >= 0.3 is 0 Å². The molecule has 4 rings (SSSR count). The summed E-state index contributed by atoms with van der Waals surface area (Å²) in [6.45, 7) is 4.62. The highest BCUT2D eigenvalue weighted by molar-refractivity contribution is 8.00. The Morgan fingerprint density at radius 3 is 2.09 bits per heavy atom. The van der Waals surface area contributed by atoms with Crippen molar-refractivity contribution in [3.8, 4) is 0 Å². The van der Waals surface area contributed by atoms with Crippen LogP contribution in [0.5, 0.6) is 0 Å². The predicted molar refractivity (Wildman–Crippen MR) is 140 cm³/mol. The quantitative estimate of drug-likeness (QED) is 0.462. The summed E-state index contributed by atoms with van der Waals surface area (Å²) in [5, 5.41) is 3.16. The maximum atomic E-state index is 13.3. The second kappa shape index (κ2) is 11.4. The molecule has 4 nitrogen and oxygen atoms in total. The van der Waals surface area contributed by atoms with E-state index in [1.54, 1.807) is 16.7 Å². The second-order valence-corrected chi connectivity index (χ2v) is 9.95. The highest BCUT2D eigenvalue weighted by Crippen LogP contribution is 2.33. The lowest BCUT2D eigenvalue weighted by molar-refractivity contribution is -0.124. The van der Waals surface area contributed by atoms with Crippen molar-refractivity contribution < 1.29 is 9.59 Å². The van der Waals surface area contributed by atoms with Crippen molar-refractivity contribution in [2.24, 2.45) is 0 Å². The molecule has 1 fully saturated rings. The van der Waals surface area contributed by atoms with Gasteiger partial charge in [-0.3, -0.25) is 9.59 Å². The van der Waals surface area contributed by atoms with Crippen LogP contribution in [0.1, 0.15) is 52.7 Å². The third kappa shape index (κ3) is 5.53. The summed E-state index contributed by atoms with van der Waals surface area (Å²) in [7, 11) is 0. The first-order valence-electron chi connectivity index (χ1n) is 12.0. The zero-order chi connectivity index (χ0) is 23.9. The molecule has 2 unspecified atom stereocenters. The zero-order valence-corrected chi connectivity index (χ0v) is 20.6. The number of hydrogen-bond acceptors (Lipinski definition) is 3. The fraction of sp³-hybridized carbons (Fsp3) is 0.310. The number of thioether (sulfide) groups is 1. The van der Waals surface area contributed by atoms with Crippen LogP contribution >= 0.6 is 11.8 Å². The van der Waals surface area contributed by atoms with Gasteiger partial charge in [0.15, 0.2) is 0 Å². The lowest BCUT2D eigenvalue weighted by Gasteiger charge is -2.28. The Morgan fingerprint density at radius 2 is 1.53 bits per heavy atom. The third-order valence-corrected chi connectivity index (χ3v) is 7.87. The topological polar surface area (TPSA) is 49.4 Å². The number of carbonyl (C=O) groups excluding carboxylic acids is 2. The van der Waals surface area contributed by atoms with Crippen LogP contribution in [0, 0.1) is 6.92 Å². The van der Waals surface area contributed by atoms with E-state index in [0.717, 1.165) is 18.4 Å². The van der Waals surface area contributed by atoms with Crippen molar-refractivity contribution >= 4 is 23.6 Å². The lowest BCUT2D eigenvalue weighted by Crippen LogP contribution is -2.50. The molecule has 1 heterocycles. The van der Waals surface area contributed by atoms with Crippen LogP contribution in [0.15, 0.2) is 84.9 Å². The Labute approximate surface area is 206 Å². The molecule has 3 aromatic rings. The Hall–Kier alpha value is -3.05. The molecule has 0 radical (unpaired) electrons. The van der Waals surface area contributed by atoms with Crippen molar-refractivity contribution in [1.29, 1.82) is 0 Å². The average molecular weight is 473 g/mol. The second-order valence-electron chi connectivity index (χ2n) is 8.74. The number of carbonyl (C=O) groups is 2.